The fourth-order valence-electron chi connectivity index (χ4n) is 2.32. The Labute approximate surface area is 126 Å². The molecule has 0 saturated heterocycles. The maximum atomic E-state index is 12.0. The van der Waals surface area contributed by atoms with E-state index >= 15 is 0 Å². The standard InChI is InChI=1S/C17H12O5/c18-17-16(21-13-3-1-2-4-14(13)22-17)10-11-5-6-12-15(9-11)20-8-7-19-12/h1-6,9-10H,7-8H2/b16-10-. The van der Waals surface area contributed by atoms with Crippen molar-refractivity contribution < 1.29 is 23.7 Å². The van der Waals surface area contributed by atoms with Gasteiger partial charge >= 0.3 is 5.97 Å². The highest BCUT2D eigenvalue weighted by atomic mass is 16.6. The maximum Gasteiger partial charge on any atom is 0.379 e. The Morgan fingerprint density at radius 3 is 2.36 bits per heavy atom. The van der Waals surface area contributed by atoms with Crippen LogP contribution >= 0.6 is 0 Å². The van der Waals surface area contributed by atoms with E-state index in [9.17, 15) is 4.79 Å². The molecule has 2 aromatic rings. The first kappa shape index (κ1) is 12.8. The van der Waals surface area contributed by atoms with Crippen molar-refractivity contribution in [2.24, 2.45) is 0 Å². The van der Waals surface area contributed by atoms with Crippen LogP contribution in [0.2, 0.25) is 0 Å². The molecule has 110 valence electrons. The first-order valence-electron chi connectivity index (χ1n) is 6.90. The van der Waals surface area contributed by atoms with Gasteiger partial charge < -0.3 is 18.9 Å². The lowest BCUT2D eigenvalue weighted by atomic mass is 10.1. The summed E-state index contributed by atoms with van der Waals surface area (Å²) in [4.78, 5) is 12.0. The topological polar surface area (TPSA) is 54.0 Å². The van der Waals surface area contributed by atoms with Gasteiger partial charge in [0.15, 0.2) is 23.0 Å². The Morgan fingerprint density at radius 1 is 0.818 bits per heavy atom. The van der Waals surface area contributed by atoms with Crippen LogP contribution in [0.5, 0.6) is 23.0 Å². The van der Waals surface area contributed by atoms with Crippen molar-refractivity contribution in [1.29, 1.82) is 0 Å². The third-order valence-corrected chi connectivity index (χ3v) is 3.34. The molecule has 5 heteroatoms. The maximum absolute atomic E-state index is 12.0. The molecule has 0 bridgehead atoms. The normalized spacial score (nSPS) is 17.5. The highest BCUT2D eigenvalue weighted by Gasteiger charge is 2.24. The van der Waals surface area contributed by atoms with Gasteiger partial charge in [-0.05, 0) is 35.9 Å². The quantitative estimate of drug-likeness (QED) is 0.460. The van der Waals surface area contributed by atoms with Gasteiger partial charge in [-0.15, -0.1) is 0 Å². The molecule has 2 aliphatic rings. The number of carbonyl (C=O) groups is 1. The largest absolute Gasteiger partial charge is 0.486 e. The number of hydrogen-bond acceptors (Lipinski definition) is 5. The summed E-state index contributed by atoms with van der Waals surface area (Å²) in [5.41, 5.74) is 0.774. The van der Waals surface area contributed by atoms with Crippen LogP contribution in [0.25, 0.3) is 6.08 Å². The molecule has 0 amide bonds. The SMILES string of the molecule is O=C1Oc2ccccc2O/C1=C\c1ccc2c(c1)OCCO2. The summed E-state index contributed by atoms with van der Waals surface area (Å²) in [5.74, 6) is 1.91. The Kier molecular flexibility index (Phi) is 2.96. The van der Waals surface area contributed by atoms with Crippen LogP contribution in [0.1, 0.15) is 5.56 Å². The first-order chi connectivity index (χ1) is 10.8. The summed E-state index contributed by atoms with van der Waals surface area (Å²) in [7, 11) is 0. The summed E-state index contributed by atoms with van der Waals surface area (Å²) in [6, 6.07) is 12.5. The second-order valence-electron chi connectivity index (χ2n) is 4.85. The Hall–Kier alpha value is -2.95. The molecule has 4 rings (SSSR count). The van der Waals surface area contributed by atoms with Gasteiger partial charge in [-0.25, -0.2) is 4.79 Å². The van der Waals surface area contributed by atoms with Gasteiger partial charge in [0.25, 0.3) is 0 Å². The number of esters is 1. The van der Waals surface area contributed by atoms with E-state index in [1.165, 1.54) is 0 Å². The van der Waals surface area contributed by atoms with Gasteiger partial charge in [0, 0.05) is 0 Å². The van der Waals surface area contributed by atoms with E-state index in [1.807, 2.05) is 18.2 Å². The Morgan fingerprint density at radius 2 is 1.55 bits per heavy atom. The highest BCUT2D eigenvalue weighted by Crippen LogP contribution is 2.35. The molecule has 2 heterocycles. The van der Waals surface area contributed by atoms with Crippen molar-refractivity contribution in [3.63, 3.8) is 0 Å². The molecule has 5 nitrogen and oxygen atoms in total. The minimum absolute atomic E-state index is 0.135. The second kappa shape index (κ2) is 5.11. The lowest BCUT2D eigenvalue weighted by molar-refractivity contribution is -0.133. The van der Waals surface area contributed by atoms with Crippen molar-refractivity contribution in [3.8, 4) is 23.0 Å². The summed E-state index contributed by atoms with van der Waals surface area (Å²) in [5, 5.41) is 0. The summed E-state index contributed by atoms with van der Waals surface area (Å²) < 4.78 is 21.8. The number of hydrogen-bond donors (Lipinski definition) is 0. The number of benzene rings is 2. The van der Waals surface area contributed by atoms with E-state index in [-0.39, 0.29) is 5.76 Å². The fourth-order valence-corrected chi connectivity index (χ4v) is 2.32. The van der Waals surface area contributed by atoms with E-state index in [1.54, 1.807) is 30.3 Å². The lowest BCUT2D eigenvalue weighted by Crippen LogP contribution is -2.20. The second-order valence-corrected chi connectivity index (χ2v) is 4.85. The Balaban J connectivity index is 1.67. The van der Waals surface area contributed by atoms with Crippen LogP contribution in [-0.4, -0.2) is 19.2 Å². The number of rotatable bonds is 1. The van der Waals surface area contributed by atoms with E-state index < -0.39 is 5.97 Å². The van der Waals surface area contributed by atoms with Crippen LogP contribution in [0.15, 0.2) is 48.2 Å². The molecule has 0 saturated carbocycles. The molecule has 0 fully saturated rings. The van der Waals surface area contributed by atoms with Crippen molar-refractivity contribution in [3.05, 3.63) is 53.8 Å². The van der Waals surface area contributed by atoms with Crippen LogP contribution < -0.4 is 18.9 Å². The number of ether oxygens (including phenoxy) is 4. The summed E-state index contributed by atoms with van der Waals surface area (Å²) in [6.07, 6.45) is 1.62. The van der Waals surface area contributed by atoms with E-state index in [0.717, 1.165) is 5.56 Å². The van der Waals surface area contributed by atoms with Gasteiger partial charge in [-0.2, -0.15) is 0 Å². The van der Waals surface area contributed by atoms with Gasteiger partial charge in [0.05, 0.1) is 0 Å². The molecule has 0 atom stereocenters. The molecule has 0 unspecified atom stereocenters. The molecular weight excluding hydrogens is 284 g/mol. The fraction of sp³-hybridized carbons (Fsp3) is 0.118. The highest BCUT2D eigenvalue weighted by molar-refractivity contribution is 5.95. The summed E-state index contributed by atoms with van der Waals surface area (Å²) >= 11 is 0. The van der Waals surface area contributed by atoms with Gasteiger partial charge in [0.1, 0.15) is 13.2 Å². The van der Waals surface area contributed by atoms with Crippen LogP contribution in [-0.2, 0) is 4.79 Å². The molecule has 0 N–H and O–H groups in total. The predicted octanol–water partition coefficient (Wildman–Crippen LogP) is 2.80. The number of carbonyl (C=O) groups excluding carboxylic acids is 1. The first-order valence-corrected chi connectivity index (χ1v) is 6.90. The van der Waals surface area contributed by atoms with E-state index in [4.69, 9.17) is 18.9 Å². The predicted molar refractivity (Wildman–Crippen MR) is 78.1 cm³/mol. The van der Waals surface area contributed by atoms with Crippen LogP contribution in [0.3, 0.4) is 0 Å². The minimum Gasteiger partial charge on any atom is -0.486 e. The zero-order valence-corrected chi connectivity index (χ0v) is 11.6. The monoisotopic (exact) mass is 296 g/mol. The van der Waals surface area contributed by atoms with Crippen molar-refractivity contribution in [2.75, 3.05) is 13.2 Å². The van der Waals surface area contributed by atoms with Gasteiger partial charge in [-0.3, -0.25) is 0 Å². The Bertz CT molecular complexity index is 778. The third-order valence-electron chi connectivity index (χ3n) is 3.34. The van der Waals surface area contributed by atoms with E-state index in [2.05, 4.69) is 0 Å². The minimum atomic E-state index is -0.520. The molecule has 0 spiro atoms. The average molecular weight is 296 g/mol. The van der Waals surface area contributed by atoms with Gasteiger partial charge in [-0.1, -0.05) is 18.2 Å². The lowest BCUT2D eigenvalue weighted by Gasteiger charge is -2.19. The average Bonchev–Trinajstić information content (AvgIpc) is 2.55. The van der Waals surface area contributed by atoms with Gasteiger partial charge in [0.2, 0.25) is 5.76 Å². The zero-order chi connectivity index (χ0) is 14.9. The molecule has 2 aromatic carbocycles. The van der Waals surface area contributed by atoms with Crippen LogP contribution in [0, 0.1) is 0 Å². The van der Waals surface area contributed by atoms with E-state index in [0.29, 0.717) is 36.2 Å². The number of fused-ring (bicyclic) bond motifs is 2. The number of para-hydroxylation sites is 2. The molecular formula is C17H12O5. The molecule has 0 aromatic heterocycles. The third kappa shape index (κ3) is 2.26. The van der Waals surface area contributed by atoms with Crippen molar-refractivity contribution in [2.45, 2.75) is 0 Å². The van der Waals surface area contributed by atoms with Crippen molar-refractivity contribution >= 4 is 12.0 Å². The van der Waals surface area contributed by atoms with Crippen molar-refractivity contribution in [1.82, 2.24) is 0 Å². The van der Waals surface area contributed by atoms with Crippen LogP contribution in [0.4, 0.5) is 0 Å². The zero-order valence-electron chi connectivity index (χ0n) is 11.6. The molecule has 22 heavy (non-hydrogen) atoms. The molecule has 2 aliphatic heterocycles. The molecule has 0 aliphatic carbocycles. The molecule has 0 radical (unpaired) electrons. The summed E-state index contributed by atoms with van der Waals surface area (Å²) in [6.45, 7) is 1.05. The smallest absolute Gasteiger partial charge is 0.379 e.